The fraction of sp³-hybridized carbons (Fsp3) is 0.825. The van der Waals surface area contributed by atoms with E-state index in [1.807, 2.05) is 62.3 Å². The van der Waals surface area contributed by atoms with Crippen molar-refractivity contribution in [3.05, 3.63) is 0 Å². The van der Waals surface area contributed by atoms with E-state index >= 15 is 0 Å². The molecule has 0 aliphatic rings. The monoisotopic (exact) mass is 828 g/mol. The first kappa shape index (κ1) is 70.8. The predicted molar refractivity (Wildman–Crippen MR) is 233 cm³/mol. The molecule has 0 fully saturated rings. The van der Waals surface area contributed by atoms with Crippen LogP contribution in [0, 0.1) is 0 Å². The molecule has 6 amide bonds. The van der Waals surface area contributed by atoms with E-state index in [1.165, 1.54) is 6.42 Å². The lowest BCUT2D eigenvalue weighted by Gasteiger charge is -2.04. The molecular weight excluding hydrogens is 738 g/mol. The van der Waals surface area contributed by atoms with Crippen LogP contribution in [0.2, 0.25) is 0 Å². The number of hydrogen-bond acceptors (Lipinski definition) is 11. The Bertz CT molecular complexity index is 824. The van der Waals surface area contributed by atoms with Crippen LogP contribution in [-0.2, 0) is 38.2 Å². The summed E-state index contributed by atoms with van der Waals surface area (Å²) in [4.78, 5) is 73.7. The molecule has 0 unspecified atom stereocenters. The van der Waals surface area contributed by atoms with Gasteiger partial charge in [0.15, 0.2) is 6.61 Å². The molecule has 0 aromatic heterocycles. The highest BCUT2D eigenvalue weighted by atomic mass is 16.6. The van der Waals surface area contributed by atoms with Crippen LogP contribution in [0.4, 0.5) is 9.59 Å². The second-order valence-corrected chi connectivity index (χ2v) is 10.4. The van der Waals surface area contributed by atoms with Crippen molar-refractivity contribution >= 4 is 41.6 Å². The quantitative estimate of drug-likeness (QED) is 0.0882. The van der Waals surface area contributed by atoms with E-state index in [0.717, 1.165) is 32.8 Å². The van der Waals surface area contributed by atoms with Gasteiger partial charge in [-0.25, -0.2) is 9.59 Å². The Labute approximate surface area is 347 Å². The first-order chi connectivity index (χ1) is 27.1. The zero-order valence-corrected chi connectivity index (χ0v) is 39.1. The molecule has 0 aliphatic heterocycles. The van der Waals surface area contributed by atoms with E-state index in [4.69, 9.17) is 4.74 Å². The number of carbonyl (C=O) groups excluding carboxylic acids is 7. The number of Topliss-reactive ketones (excluding diaryl/α,β-unsaturated/α-hetero) is 1. The molecule has 17 heteroatoms. The van der Waals surface area contributed by atoms with Crippen molar-refractivity contribution in [1.29, 1.82) is 0 Å². The standard InChI is InChI=1S/C7H14N2O3.C7H14N2O2.C5H11NO2.C5H11NO.C5H10O.C4H11N.C4H10O.C3H8/c1-3-8-6(10)5-12-7(11)9-4-2;1-3-8-6(10)5-7(11)9-4-2;1-3-6-5(7)8-4-2;1-3-5(7)6-4-2;1-3-5(6)4-2;2*1-3-5-4-2;1-3-2/h3-5H2,1-2H3,(H,8,10)(H,9,11);3-5H2,1-2H3,(H,8,10)(H,9,11);3-4H2,1-2H3,(H,6,7);3-4H2,1-2H3,(H,6,7);3-4H2,1-2H3;5H,3-4H2,1-2H3;3-4H2,1-2H3;3H2,1-2H3. The molecule has 7 N–H and O–H groups in total. The van der Waals surface area contributed by atoms with E-state index in [-0.39, 0.29) is 42.7 Å². The molecule has 0 heterocycles. The maximum Gasteiger partial charge on any atom is 0.407 e. The molecule has 0 bridgehead atoms. The fourth-order valence-corrected chi connectivity index (χ4v) is 2.59. The number of carbonyl (C=O) groups is 7. The van der Waals surface area contributed by atoms with Crippen LogP contribution in [0.25, 0.3) is 0 Å². The SMILES string of the molecule is CCC.CCC(=O)CC.CCNC(=O)CC.CCNC(=O)CC(=O)NCC.CCNC(=O)COC(=O)NCC.CCNC(=O)OCC.CCNCC.CCOCC. The van der Waals surface area contributed by atoms with Gasteiger partial charge in [0.1, 0.15) is 12.2 Å². The summed E-state index contributed by atoms with van der Waals surface area (Å²) < 4.78 is 13.9. The van der Waals surface area contributed by atoms with Gasteiger partial charge in [0, 0.05) is 71.7 Å². The average molecular weight is 828 g/mol. The lowest BCUT2D eigenvalue weighted by Crippen LogP contribution is -2.31. The summed E-state index contributed by atoms with van der Waals surface area (Å²) in [6, 6.07) is 0. The van der Waals surface area contributed by atoms with Crippen LogP contribution in [0.5, 0.6) is 0 Å². The van der Waals surface area contributed by atoms with Crippen molar-refractivity contribution in [2.45, 2.75) is 143 Å². The van der Waals surface area contributed by atoms with Crippen molar-refractivity contribution in [3.8, 4) is 0 Å². The number of ketones is 1. The van der Waals surface area contributed by atoms with E-state index < -0.39 is 6.09 Å². The summed E-state index contributed by atoms with van der Waals surface area (Å²) in [6.07, 6.45) is 2.25. The van der Waals surface area contributed by atoms with Crippen LogP contribution in [0.3, 0.4) is 0 Å². The van der Waals surface area contributed by atoms with Gasteiger partial charge in [-0.1, -0.05) is 54.9 Å². The Balaban J connectivity index is -0.0000000828. The maximum atomic E-state index is 10.8. The third kappa shape index (κ3) is 100. The number of ether oxygens (including phenoxy) is 3. The Morgan fingerprint density at radius 1 is 0.368 bits per heavy atom. The first-order valence-corrected chi connectivity index (χ1v) is 20.8. The third-order valence-corrected chi connectivity index (χ3v) is 5.09. The molecule has 0 rings (SSSR count). The van der Waals surface area contributed by atoms with Gasteiger partial charge in [0.25, 0.3) is 5.91 Å². The van der Waals surface area contributed by atoms with Crippen molar-refractivity contribution in [3.63, 3.8) is 0 Å². The maximum absolute atomic E-state index is 10.8. The van der Waals surface area contributed by atoms with E-state index in [9.17, 15) is 33.6 Å². The molecular formula is C40H89N7O10. The van der Waals surface area contributed by atoms with E-state index in [0.29, 0.717) is 64.4 Å². The molecule has 57 heavy (non-hydrogen) atoms. The summed E-state index contributed by atoms with van der Waals surface area (Å²) in [7, 11) is 0. The largest absolute Gasteiger partial charge is 0.450 e. The Morgan fingerprint density at radius 2 is 0.702 bits per heavy atom. The minimum Gasteiger partial charge on any atom is -0.450 e. The molecule has 0 aromatic carbocycles. The molecule has 344 valence electrons. The van der Waals surface area contributed by atoms with Gasteiger partial charge in [-0.05, 0) is 75.4 Å². The molecule has 0 aliphatic carbocycles. The van der Waals surface area contributed by atoms with Gasteiger partial charge in [-0.3, -0.25) is 24.0 Å². The fourth-order valence-electron chi connectivity index (χ4n) is 2.59. The second kappa shape index (κ2) is 69.9. The van der Waals surface area contributed by atoms with Gasteiger partial charge in [-0.2, -0.15) is 0 Å². The van der Waals surface area contributed by atoms with Gasteiger partial charge in [-0.15, -0.1) is 0 Å². The zero-order valence-electron chi connectivity index (χ0n) is 39.1. The minimum absolute atomic E-state index is 0.0678. The Morgan fingerprint density at radius 3 is 0.912 bits per heavy atom. The van der Waals surface area contributed by atoms with Crippen LogP contribution >= 0.6 is 0 Å². The summed E-state index contributed by atoms with van der Waals surface area (Å²) in [5.74, 6) is -0.266. The number of rotatable bonds is 18. The lowest BCUT2D eigenvalue weighted by molar-refractivity contribution is -0.129. The van der Waals surface area contributed by atoms with Crippen molar-refractivity contribution in [2.75, 3.05) is 78.8 Å². The average Bonchev–Trinajstić information content (AvgIpc) is 3.17. The Hall–Kier alpha value is -3.99. The van der Waals surface area contributed by atoms with Gasteiger partial charge < -0.3 is 51.4 Å². The van der Waals surface area contributed by atoms with Crippen LogP contribution in [-0.4, -0.2) is 120 Å². The van der Waals surface area contributed by atoms with Crippen LogP contribution in [0.15, 0.2) is 0 Å². The molecule has 0 radical (unpaired) electrons. The molecule has 0 atom stereocenters. The van der Waals surface area contributed by atoms with Gasteiger partial charge in [0.2, 0.25) is 17.7 Å². The summed E-state index contributed by atoms with van der Waals surface area (Å²) in [5, 5.41) is 18.2. The minimum atomic E-state index is -0.566. The van der Waals surface area contributed by atoms with Crippen molar-refractivity contribution in [1.82, 2.24) is 37.2 Å². The predicted octanol–water partition coefficient (Wildman–Crippen LogP) is 5.25. The number of likely N-dealkylation sites (N-methyl/N-ethyl adjacent to an activating group) is 1. The highest BCUT2D eigenvalue weighted by Gasteiger charge is 2.06. The molecule has 0 spiro atoms. The van der Waals surface area contributed by atoms with Gasteiger partial charge in [0.05, 0.1) is 6.61 Å². The van der Waals surface area contributed by atoms with Crippen molar-refractivity contribution < 1.29 is 47.8 Å². The molecule has 0 saturated heterocycles. The molecule has 17 nitrogen and oxygen atoms in total. The summed E-state index contributed by atoms with van der Waals surface area (Å²) in [5.41, 5.74) is 0. The van der Waals surface area contributed by atoms with Crippen LogP contribution < -0.4 is 37.2 Å². The highest BCUT2D eigenvalue weighted by Crippen LogP contribution is 1.83. The molecule has 0 saturated carbocycles. The van der Waals surface area contributed by atoms with Gasteiger partial charge >= 0.3 is 12.2 Å². The number of nitrogens with one attached hydrogen (secondary N) is 7. The first-order valence-electron chi connectivity index (χ1n) is 20.8. The normalized spacial score (nSPS) is 8.42. The second-order valence-electron chi connectivity index (χ2n) is 10.4. The summed E-state index contributed by atoms with van der Waals surface area (Å²) >= 11 is 0. The highest BCUT2D eigenvalue weighted by molar-refractivity contribution is 5.96. The van der Waals surface area contributed by atoms with E-state index in [2.05, 4.69) is 74.4 Å². The number of amides is 6. The number of alkyl carbamates (subject to hydrolysis) is 2. The van der Waals surface area contributed by atoms with Crippen molar-refractivity contribution in [2.24, 2.45) is 0 Å². The lowest BCUT2D eigenvalue weighted by atomic mass is 10.3. The smallest absolute Gasteiger partial charge is 0.407 e. The van der Waals surface area contributed by atoms with E-state index in [1.54, 1.807) is 20.8 Å². The third-order valence-electron chi connectivity index (χ3n) is 5.09. The topological polar surface area (TPSA) is 231 Å². The zero-order chi connectivity index (χ0) is 46.1. The molecule has 0 aromatic rings. The number of hydrogen-bond donors (Lipinski definition) is 7. The Kier molecular flexibility index (Phi) is 86.8. The van der Waals surface area contributed by atoms with Crippen LogP contribution in [0.1, 0.15) is 143 Å². The summed E-state index contributed by atoms with van der Waals surface area (Å²) in [6.45, 7) is 38.4.